The molecule has 0 bridgehead atoms. The zero-order chi connectivity index (χ0) is 21.7. The Labute approximate surface area is 187 Å². The van der Waals surface area contributed by atoms with Crippen LogP contribution < -0.4 is 5.73 Å². The van der Waals surface area contributed by atoms with Crippen molar-refractivity contribution in [3.63, 3.8) is 0 Å². The van der Waals surface area contributed by atoms with E-state index in [4.69, 9.17) is 5.73 Å². The van der Waals surface area contributed by atoms with E-state index >= 15 is 0 Å². The fourth-order valence-electron chi connectivity index (χ4n) is 9.53. The van der Waals surface area contributed by atoms with Crippen molar-refractivity contribution in [3.05, 3.63) is 0 Å². The molecule has 4 saturated carbocycles. The lowest BCUT2D eigenvalue weighted by Gasteiger charge is -2.62. The summed E-state index contributed by atoms with van der Waals surface area (Å²) in [6, 6.07) is 0. The van der Waals surface area contributed by atoms with Gasteiger partial charge >= 0.3 is 0 Å². The second-order valence-corrected chi connectivity index (χ2v) is 13.3. The average molecular weight is 418 g/mol. The second kappa shape index (κ2) is 8.36. The molecule has 0 aliphatic heterocycles. The van der Waals surface area contributed by atoms with Crippen LogP contribution in [0, 0.1) is 52.3 Å². The molecule has 174 valence electrons. The minimum atomic E-state index is -0.579. The number of fused-ring (bicyclic) bond motifs is 5. The molecule has 4 aliphatic carbocycles. The van der Waals surface area contributed by atoms with E-state index in [9.17, 15) is 5.11 Å². The van der Waals surface area contributed by atoms with E-state index in [0.717, 1.165) is 48.3 Å². The largest absolute Gasteiger partial charge is 0.389 e. The molecule has 4 rings (SSSR count). The molecule has 0 amide bonds. The van der Waals surface area contributed by atoms with E-state index in [2.05, 4.69) is 34.6 Å². The molecule has 3 N–H and O–H groups in total. The molecule has 0 radical (unpaired) electrons. The van der Waals surface area contributed by atoms with Crippen molar-refractivity contribution >= 4 is 0 Å². The number of nitrogens with two attached hydrogens (primary N) is 1. The van der Waals surface area contributed by atoms with Crippen molar-refractivity contribution in [3.8, 4) is 0 Å². The van der Waals surface area contributed by atoms with Gasteiger partial charge in [-0.25, -0.2) is 0 Å². The summed E-state index contributed by atoms with van der Waals surface area (Å²) in [5.41, 5.74) is 6.43. The summed E-state index contributed by atoms with van der Waals surface area (Å²) in [4.78, 5) is 0. The van der Waals surface area contributed by atoms with Crippen LogP contribution in [-0.4, -0.2) is 17.3 Å². The van der Waals surface area contributed by atoms with Gasteiger partial charge in [0.1, 0.15) is 0 Å². The Kier molecular flexibility index (Phi) is 6.44. The monoisotopic (exact) mass is 417 g/mol. The zero-order valence-electron chi connectivity index (χ0n) is 20.8. The van der Waals surface area contributed by atoms with Crippen LogP contribution in [-0.2, 0) is 0 Å². The number of hydrogen-bond acceptors (Lipinski definition) is 2. The van der Waals surface area contributed by atoms with Gasteiger partial charge in [0.05, 0.1) is 5.60 Å². The van der Waals surface area contributed by atoms with Crippen LogP contribution in [0.5, 0.6) is 0 Å². The summed E-state index contributed by atoms with van der Waals surface area (Å²) >= 11 is 0. The third kappa shape index (κ3) is 3.81. The fraction of sp³-hybridized carbons (Fsp3) is 1.00. The highest BCUT2D eigenvalue weighted by atomic mass is 16.3. The maximum Gasteiger partial charge on any atom is 0.0772 e. The summed E-state index contributed by atoms with van der Waals surface area (Å²) in [5.74, 6) is 6.20. The fourth-order valence-corrected chi connectivity index (χ4v) is 9.53. The Balaban J connectivity index is 1.46. The van der Waals surface area contributed by atoms with E-state index in [-0.39, 0.29) is 0 Å². The first kappa shape index (κ1) is 23.1. The minimum absolute atomic E-state index is 0.449. The van der Waals surface area contributed by atoms with Crippen molar-refractivity contribution in [1.29, 1.82) is 0 Å². The van der Waals surface area contributed by atoms with Gasteiger partial charge in [0.25, 0.3) is 0 Å². The Morgan fingerprint density at radius 3 is 2.30 bits per heavy atom. The molecule has 2 heteroatoms. The van der Waals surface area contributed by atoms with Crippen molar-refractivity contribution < 1.29 is 5.11 Å². The molecule has 4 aliphatic rings. The zero-order valence-corrected chi connectivity index (χ0v) is 20.8. The molecule has 30 heavy (non-hydrogen) atoms. The quantitative estimate of drug-likeness (QED) is 0.499. The summed E-state index contributed by atoms with van der Waals surface area (Å²) in [5, 5.41) is 10.9. The van der Waals surface area contributed by atoms with E-state index in [1.54, 1.807) is 0 Å². The topological polar surface area (TPSA) is 46.2 Å². The van der Waals surface area contributed by atoms with E-state index in [0.29, 0.717) is 23.3 Å². The van der Waals surface area contributed by atoms with E-state index < -0.39 is 5.60 Å². The van der Waals surface area contributed by atoms with Crippen LogP contribution in [0.4, 0.5) is 0 Å². The Bertz CT molecular complexity index is 603. The summed E-state index contributed by atoms with van der Waals surface area (Å²) < 4.78 is 0. The van der Waals surface area contributed by atoms with Crippen molar-refractivity contribution in [2.24, 2.45) is 58.0 Å². The van der Waals surface area contributed by atoms with Crippen LogP contribution in [0.1, 0.15) is 112 Å². The standard InChI is InChI=1S/C28H51NO/c1-19(2)7-6-8-20(3)23-11-12-24-22-10-9-21-17-28(30,18-29)16-15-26(21,4)25(22)13-14-27(23,24)5/h19-25,30H,6-18,29H2,1-5H3/t20-,21?,22?,23?,24?,25?,26?,27?,28+/m1/s1. The van der Waals surface area contributed by atoms with Crippen molar-refractivity contribution in [2.75, 3.05) is 6.54 Å². The van der Waals surface area contributed by atoms with E-state index in [1.807, 2.05) is 0 Å². The van der Waals surface area contributed by atoms with Gasteiger partial charge in [0, 0.05) is 6.54 Å². The number of hydrogen-bond donors (Lipinski definition) is 2. The maximum absolute atomic E-state index is 10.9. The van der Waals surface area contributed by atoms with E-state index in [1.165, 1.54) is 64.2 Å². The predicted molar refractivity (Wildman–Crippen MR) is 127 cm³/mol. The molecule has 4 fully saturated rings. The van der Waals surface area contributed by atoms with Gasteiger partial charge < -0.3 is 10.8 Å². The highest BCUT2D eigenvalue weighted by Crippen LogP contribution is 2.68. The van der Waals surface area contributed by atoms with Gasteiger partial charge in [-0.2, -0.15) is 0 Å². The molecule has 0 aromatic rings. The Morgan fingerprint density at radius 2 is 1.60 bits per heavy atom. The third-order valence-corrected chi connectivity index (χ3v) is 11.4. The molecule has 0 spiro atoms. The van der Waals surface area contributed by atoms with Gasteiger partial charge in [-0.1, -0.05) is 53.9 Å². The molecule has 0 aromatic heterocycles. The van der Waals surface area contributed by atoms with Crippen LogP contribution in [0.2, 0.25) is 0 Å². The lowest BCUT2D eigenvalue weighted by Crippen LogP contribution is -2.57. The normalized spacial score (nSPS) is 49.4. The molecular formula is C28H51NO. The highest BCUT2D eigenvalue weighted by Gasteiger charge is 2.61. The molecule has 7 unspecified atom stereocenters. The van der Waals surface area contributed by atoms with Gasteiger partial charge in [0.15, 0.2) is 0 Å². The smallest absolute Gasteiger partial charge is 0.0772 e. The maximum atomic E-state index is 10.9. The van der Waals surface area contributed by atoms with Gasteiger partial charge in [0.2, 0.25) is 0 Å². The first-order valence-electron chi connectivity index (χ1n) is 13.6. The van der Waals surface area contributed by atoms with Gasteiger partial charge in [-0.15, -0.1) is 0 Å². The summed E-state index contributed by atoms with van der Waals surface area (Å²) in [7, 11) is 0. The molecule has 0 heterocycles. The molecular weight excluding hydrogens is 366 g/mol. The van der Waals surface area contributed by atoms with Crippen molar-refractivity contribution in [2.45, 2.75) is 117 Å². The minimum Gasteiger partial charge on any atom is -0.389 e. The van der Waals surface area contributed by atoms with Crippen molar-refractivity contribution in [1.82, 2.24) is 0 Å². The van der Waals surface area contributed by atoms with Gasteiger partial charge in [-0.05, 0) is 110 Å². The lowest BCUT2D eigenvalue weighted by atomic mass is 9.43. The third-order valence-electron chi connectivity index (χ3n) is 11.4. The lowest BCUT2D eigenvalue weighted by molar-refractivity contribution is -0.149. The number of aliphatic hydroxyl groups is 1. The molecule has 0 aromatic carbocycles. The molecule has 0 saturated heterocycles. The second-order valence-electron chi connectivity index (χ2n) is 13.3. The average Bonchev–Trinajstić information content (AvgIpc) is 3.05. The first-order chi connectivity index (χ1) is 14.1. The van der Waals surface area contributed by atoms with Crippen LogP contribution >= 0.6 is 0 Å². The predicted octanol–water partition coefficient (Wildman–Crippen LogP) is 6.80. The van der Waals surface area contributed by atoms with Crippen LogP contribution in [0.3, 0.4) is 0 Å². The van der Waals surface area contributed by atoms with Crippen LogP contribution in [0.25, 0.3) is 0 Å². The highest BCUT2D eigenvalue weighted by molar-refractivity contribution is 5.11. The summed E-state index contributed by atoms with van der Waals surface area (Å²) in [6.07, 6.45) is 16.0. The number of rotatable bonds is 6. The SMILES string of the molecule is CC(C)CCC[C@@H](C)C1CCC2C3CCC4C[C@](O)(CN)CCC4(C)C3CCC21C. The molecule has 2 nitrogen and oxygen atoms in total. The van der Waals surface area contributed by atoms with Crippen LogP contribution in [0.15, 0.2) is 0 Å². The first-order valence-corrected chi connectivity index (χ1v) is 13.6. The summed E-state index contributed by atoms with van der Waals surface area (Å²) in [6.45, 7) is 13.1. The molecule has 9 atom stereocenters. The van der Waals surface area contributed by atoms with Gasteiger partial charge in [-0.3, -0.25) is 0 Å². The Morgan fingerprint density at radius 1 is 0.867 bits per heavy atom. The Hall–Kier alpha value is -0.0800.